The SMILES string of the molecule is NC(=S)NN=Cc1cc(F)c(Br)cc1O. The van der Waals surface area contributed by atoms with E-state index in [0.717, 1.165) is 6.07 Å². The van der Waals surface area contributed by atoms with Gasteiger partial charge in [-0.05, 0) is 40.3 Å². The van der Waals surface area contributed by atoms with E-state index >= 15 is 0 Å². The molecular formula is C8H7BrFN3OS. The molecule has 0 amide bonds. The van der Waals surface area contributed by atoms with Crippen LogP contribution >= 0.6 is 28.1 Å². The van der Waals surface area contributed by atoms with Crippen molar-refractivity contribution in [1.82, 2.24) is 5.43 Å². The smallest absolute Gasteiger partial charge is 0.184 e. The van der Waals surface area contributed by atoms with Crippen molar-refractivity contribution in [3.63, 3.8) is 0 Å². The van der Waals surface area contributed by atoms with E-state index in [-0.39, 0.29) is 20.9 Å². The van der Waals surface area contributed by atoms with Gasteiger partial charge < -0.3 is 10.8 Å². The van der Waals surface area contributed by atoms with Crippen molar-refractivity contribution in [2.75, 3.05) is 0 Å². The fraction of sp³-hybridized carbons (Fsp3) is 0. The molecule has 0 saturated carbocycles. The van der Waals surface area contributed by atoms with Gasteiger partial charge in [0.1, 0.15) is 11.6 Å². The van der Waals surface area contributed by atoms with Crippen LogP contribution in [0.25, 0.3) is 0 Å². The molecule has 0 saturated heterocycles. The third-order valence-electron chi connectivity index (χ3n) is 1.45. The first kappa shape index (κ1) is 11.9. The Balaban J connectivity index is 2.90. The summed E-state index contributed by atoms with van der Waals surface area (Å²) in [7, 11) is 0. The van der Waals surface area contributed by atoms with Crippen molar-refractivity contribution in [1.29, 1.82) is 0 Å². The average molecular weight is 292 g/mol. The Morgan fingerprint density at radius 1 is 1.67 bits per heavy atom. The Hall–Kier alpha value is -1.21. The lowest BCUT2D eigenvalue weighted by molar-refractivity contribution is 0.471. The maximum absolute atomic E-state index is 13.1. The van der Waals surface area contributed by atoms with Gasteiger partial charge in [0.25, 0.3) is 0 Å². The summed E-state index contributed by atoms with van der Waals surface area (Å²) in [5.74, 6) is -0.596. The van der Waals surface area contributed by atoms with Gasteiger partial charge in [-0.25, -0.2) is 4.39 Å². The molecule has 1 aromatic carbocycles. The standard InChI is InChI=1S/C8H7BrFN3OS/c9-5-2-7(14)4(1-6(5)10)3-12-13-8(11)15/h1-3,14H,(H3,11,13,15). The monoisotopic (exact) mass is 291 g/mol. The predicted octanol–water partition coefficient (Wildman–Crippen LogP) is 1.46. The van der Waals surface area contributed by atoms with Crippen LogP contribution in [0.5, 0.6) is 5.75 Å². The van der Waals surface area contributed by atoms with Crippen LogP contribution in [0.1, 0.15) is 5.56 Å². The fourth-order valence-electron chi connectivity index (χ4n) is 0.821. The van der Waals surface area contributed by atoms with Crippen LogP contribution in [0.2, 0.25) is 0 Å². The minimum atomic E-state index is -0.496. The van der Waals surface area contributed by atoms with Gasteiger partial charge in [-0.3, -0.25) is 5.43 Å². The molecule has 0 aliphatic heterocycles. The highest BCUT2D eigenvalue weighted by Crippen LogP contribution is 2.24. The zero-order chi connectivity index (χ0) is 11.4. The van der Waals surface area contributed by atoms with E-state index in [9.17, 15) is 9.50 Å². The topological polar surface area (TPSA) is 70.6 Å². The minimum absolute atomic E-state index is 0.0108. The molecule has 4 nitrogen and oxygen atoms in total. The van der Waals surface area contributed by atoms with Crippen LogP contribution in [0, 0.1) is 5.82 Å². The van der Waals surface area contributed by atoms with Gasteiger partial charge in [0.2, 0.25) is 0 Å². The minimum Gasteiger partial charge on any atom is -0.507 e. The zero-order valence-electron chi connectivity index (χ0n) is 7.37. The summed E-state index contributed by atoms with van der Waals surface area (Å²) in [4.78, 5) is 0. The molecule has 1 aromatic rings. The number of hydrogen-bond donors (Lipinski definition) is 3. The lowest BCUT2D eigenvalue weighted by atomic mass is 10.2. The van der Waals surface area contributed by atoms with E-state index in [1.54, 1.807) is 0 Å². The van der Waals surface area contributed by atoms with Gasteiger partial charge in [-0.1, -0.05) is 0 Å². The lowest BCUT2D eigenvalue weighted by Gasteiger charge is -2.01. The molecule has 0 aromatic heterocycles. The fourth-order valence-corrected chi connectivity index (χ4v) is 1.20. The number of aromatic hydroxyl groups is 1. The molecule has 0 unspecified atom stereocenters. The molecule has 1 rings (SSSR count). The largest absolute Gasteiger partial charge is 0.507 e. The Labute approximate surface area is 99.1 Å². The highest BCUT2D eigenvalue weighted by Gasteiger charge is 2.05. The van der Waals surface area contributed by atoms with Crippen molar-refractivity contribution in [2.45, 2.75) is 0 Å². The molecule has 0 heterocycles. The van der Waals surface area contributed by atoms with E-state index in [1.165, 1.54) is 12.3 Å². The Kier molecular flexibility index (Phi) is 3.98. The van der Waals surface area contributed by atoms with E-state index in [4.69, 9.17) is 5.73 Å². The molecule has 0 bridgehead atoms. The maximum Gasteiger partial charge on any atom is 0.184 e. The summed E-state index contributed by atoms with van der Waals surface area (Å²) in [5, 5.41) is 13.0. The summed E-state index contributed by atoms with van der Waals surface area (Å²) >= 11 is 7.43. The summed E-state index contributed by atoms with van der Waals surface area (Å²) in [6, 6.07) is 2.36. The molecule has 15 heavy (non-hydrogen) atoms. The summed E-state index contributed by atoms with van der Waals surface area (Å²) < 4.78 is 13.2. The van der Waals surface area contributed by atoms with Gasteiger partial charge >= 0.3 is 0 Å². The first-order valence-corrected chi connectivity index (χ1v) is 4.97. The number of phenolic OH excluding ortho intramolecular Hbond substituents is 1. The third-order valence-corrected chi connectivity index (χ3v) is 2.15. The molecule has 0 aliphatic carbocycles. The normalized spacial score (nSPS) is 10.5. The summed E-state index contributed by atoms with van der Waals surface area (Å²) in [6.45, 7) is 0. The van der Waals surface area contributed by atoms with E-state index in [1.807, 2.05) is 0 Å². The molecule has 0 aliphatic rings. The number of rotatable bonds is 2. The quantitative estimate of drug-likeness (QED) is 0.438. The van der Waals surface area contributed by atoms with E-state index in [0.29, 0.717) is 0 Å². The number of thiocarbonyl (C=S) groups is 1. The molecule has 7 heteroatoms. The van der Waals surface area contributed by atoms with Gasteiger partial charge in [0.15, 0.2) is 5.11 Å². The van der Waals surface area contributed by atoms with Crippen molar-refractivity contribution < 1.29 is 9.50 Å². The number of hydrazone groups is 1. The third kappa shape index (κ3) is 3.45. The molecule has 0 atom stereocenters. The Morgan fingerprint density at radius 2 is 2.33 bits per heavy atom. The molecule has 0 radical (unpaired) electrons. The molecular weight excluding hydrogens is 285 g/mol. The van der Waals surface area contributed by atoms with Crippen molar-refractivity contribution in [2.24, 2.45) is 10.8 Å². The molecule has 0 spiro atoms. The average Bonchev–Trinajstić information content (AvgIpc) is 2.13. The number of nitrogens with zero attached hydrogens (tertiary/aromatic N) is 1. The van der Waals surface area contributed by atoms with Gasteiger partial charge in [-0.15, -0.1) is 0 Å². The number of nitrogens with one attached hydrogen (secondary N) is 1. The number of hydrogen-bond acceptors (Lipinski definition) is 3. The van der Waals surface area contributed by atoms with Gasteiger partial charge in [0, 0.05) is 5.56 Å². The van der Waals surface area contributed by atoms with Crippen LogP contribution in [-0.4, -0.2) is 16.4 Å². The van der Waals surface area contributed by atoms with Crippen LogP contribution < -0.4 is 11.2 Å². The molecule has 4 N–H and O–H groups in total. The van der Waals surface area contributed by atoms with Gasteiger partial charge in [0.05, 0.1) is 10.7 Å². The highest BCUT2D eigenvalue weighted by molar-refractivity contribution is 9.10. The van der Waals surface area contributed by atoms with Crippen molar-refractivity contribution >= 4 is 39.5 Å². The zero-order valence-corrected chi connectivity index (χ0v) is 9.77. The number of nitrogens with two attached hydrogens (primary N) is 1. The highest BCUT2D eigenvalue weighted by atomic mass is 79.9. The van der Waals surface area contributed by atoms with Gasteiger partial charge in [-0.2, -0.15) is 5.10 Å². The van der Waals surface area contributed by atoms with E-state index < -0.39 is 5.82 Å². The summed E-state index contributed by atoms with van der Waals surface area (Å²) in [5.41, 5.74) is 7.62. The Morgan fingerprint density at radius 3 is 2.93 bits per heavy atom. The Bertz CT molecular complexity index is 425. The molecule has 0 fully saturated rings. The second-order valence-electron chi connectivity index (χ2n) is 2.56. The number of benzene rings is 1. The first-order chi connectivity index (χ1) is 7.00. The van der Waals surface area contributed by atoms with Crippen LogP contribution in [0.4, 0.5) is 4.39 Å². The predicted molar refractivity (Wildman–Crippen MR) is 63.3 cm³/mol. The van der Waals surface area contributed by atoms with Crippen molar-refractivity contribution in [3.05, 3.63) is 28.0 Å². The summed E-state index contributed by atoms with van der Waals surface area (Å²) in [6.07, 6.45) is 1.21. The van der Waals surface area contributed by atoms with Crippen LogP contribution in [-0.2, 0) is 0 Å². The van der Waals surface area contributed by atoms with Crippen LogP contribution in [0.15, 0.2) is 21.7 Å². The maximum atomic E-state index is 13.1. The number of phenols is 1. The van der Waals surface area contributed by atoms with E-state index in [2.05, 4.69) is 38.7 Å². The first-order valence-electron chi connectivity index (χ1n) is 3.77. The number of halogens is 2. The second-order valence-corrected chi connectivity index (χ2v) is 3.85. The van der Waals surface area contributed by atoms with Crippen molar-refractivity contribution in [3.8, 4) is 5.75 Å². The molecule has 80 valence electrons. The van der Waals surface area contributed by atoms with Crippen LogP contribution in [0.3, 0.4) is 0 Å². The second kappa shape index (κ2) is 5.04. The lowest BCUT2D eigenvalue weighted by Crippen LogP contribution is -2.24.